The zero-order valence-corrected chi connectivity index (χ0v) is 14.2. The molecule has 1 saturated heterocycles. The van der Waals surface area contributed by atoms with Crippen molar-refractivity contribution in [2.24, 2.45) is 0 Å². The molecule has 1 amide bonds. The average Bonchev–Trinajstić information content (AvgIpc) is 3.06. The molecule has 1 aliphatic rings. The Hall–Kier alpha value is -2.73. The van der Waals surface area contributed by atoms with Gasteiger partial charge in [-0.25, -0.2) is 4.68 Å². The first-order valence-electron chi connectivity index (χ1n) is 8.47. The number of carbonyl (C=O) groups is 1. The highest BCUT2D eigenvalue weighted by molar-refractivity contribution is 5.97. The fraction of sp³-hybridized carbons (Fsp3) is 0.316. The van der Waals surface area contributed by atoms with Crippen LogP contribution in [0.4, 0.5) is 0 Å². The molecule has 128 valence electrons. The fourth-order valence-electron chi connectivity index (χ4n) is 3.12. The molecule has 0 saturated carbocycles. The Labute approximate surface area is 146 Å². The van der Waals surface area contributed by atoms with Crippen molar-refractivity contribution in [2.75, 3.05) is 26.3 Å². The number of aryl methyl sites for hydroxylation is 1. The summed E-state index contributed by atoms with van der Waals surface area (Å²) in [5.41, 5.74) is 4.76. The molecular formula is C19H20N4O2. The number of rotatable bonds is 3. The zero-order valence-electron chi connectivity index (χ0n) is 14.2. The number of amides is 1. The third kappa shape index (κ3) is 3.13. The third-order valence-electron chi connectivity index (χ3n) is 4.64. The average molecular weight is 336 g/mol. The van der Waals surface area contributed by atoms with Gasteiger partial charge >= 0.3 is 0 Å². The second kappa shape index (κ2) is 6.64. The summed E-state index contributed by atoms with van der Waals surface area (Å²) >= 11 is 0. The van der Waals surface area contributed by atoms with E-state index < -0.39 is 0 Å². The van der Waals surface area contributed by atoms with Crippen LogP contribution in [0.15, 0.2) is 42.5 Å². The van der Waals surface area contributed by atoms with E-state index in [1.807, 2.05) is 39.9 Å². The third-order valence-corrected chi connectivity index (χ3v) is 4.64. The van der Waals surface area contributed by atoms with Crippen LogP contribution in [0.2, 0.25) is 0 Å². The van der Waals surface area contributed by atoms with Crippen molar-refractivity contribution in [1.29, 1.82) is 0 Å². The topological polar surface area (TPSA) is 60.2 Å². The Balaban J connectivity index is 1.60. The van der Waals surface area contributed by atoms with Gasteiger partial charge in [-0.1, -0.05) is 29.5 Å². The molecule has 0 radical (unpaired) electrons. The van der Waals surface area contributed by atoms with Gasteiger partial charge in [0.2, 0.25) is 0 Å². The molecule has 0 spiro atoms. The van der Waals surface area contributed by atoms with E-state index in [1.54, 1.807) is 0 Å². The molecule has 0 unspecified atom stereocenters. The lowest BCUT2D eigenvalue weighted by Gasteiger charge is -2.26. The summed E-state index contributed by atoms with van der Waals surface area (Å²) in [6.45, 7) is 5.22. The minimum Gasteiger partial charge on any atom is -0.378 e. The zero-order chi connectivity index (χ0) is 17.2. The van der Waals surface area contributed by atoms with Gasteiger partial charge in [0.1, 0.15) is 5.52 Å². The highest BCUT2D eigenvalue weighted by Gasteiger charge is 2.19. The van der Waals surface area contributed by atoms with Crippen LogP contribution in [0.1, 0.15) is 21.5 Å². The molecule has 6 heteroatoms. The van der Waals surface area contributed by atoms with Gasteiger partial charge in [-0.15, -0.1) is 5.10 Å². The Morgan fingerprint density at radius 1 is 1.16 bits per heavy atom. The maximum atomic E-state index is 12.6. The van der Waals surface area contributed by atoms with Gasteiger partial charge < -0.3 is 9.64 Å². The SMILES string of the molecule is Cc1ccccc1Cn1nnc2cc(C(=O)N3CCOCC3)ccc21. The number of aromatic nitrogens is 3. The quantitative estimate of drug-likeness (QED) is 0.736. The van der Waals surface area contributed by atoms with E-state index in [0.29, 0.717) is 38.4 Å². The molecule has 25 heavy (non-hydrogen) atoms. The van der Waals surface area contributed by atoms with Crippen molar-refractivity contribution in [1.82, 2.24) is 19.9 Å². The van der Waals surface area contributed by atoms with Crippen molar-refractivity contribution >= 4 is 16.9 Å². The number of hydrogen-bond acceptors (Lipinski definition) is 4. The monoisotopic (exact) mass is 336 g/mol. The highest BCUT2D eigenvalue weighted by Crippen LogP contribution is 2.18. The van der Waals surface area contributed by atoms with Crippen molar-refractivity contribution < 1.29 is 9.53 Å². The van der Waals surface area contributed by atoms with Crippen molar-refractivity contribution in [3.63, 3.8) is 0 Å². The number of ether oxygens (including phenoxy) is 1. The van der Waals surface area contributed by atoms with Crippen LogP contribution >= 0.6 is 0 Å². The van der Waals surface area contributed by atoms with Crippen LogP contribution in [-0.4, -0.2) is 52.1 Å². The molecule has 2 aromatic carbocycles. The first-order valence-corrected chi connectivity index (χ1v) is 8.47. The number of nitrogens with zero attached hydrogens (tertiary/aromatic N) is 4. The molecule has 4 rings (SSSR count). The fourth-order valence-corrected chi connectivity index (χ4v) is 3.12. The van der Waals surface area contributed by atoms with Crippen LogP contribution in [0.25, 0.3) is 11.0 Å². The lowest BCUT2D eigenvalue weighted by molar-refractivity contribution is 0.0303. The maximum Gasteiger partial charge on any atom is 0.254 e. The second-order valence-corrected chi connectivity index (χ2v) is 6.28. The minimum absolute atomic E-state index is 0.0265. The summed E-state index contributed by atoms with van der Waals surface area (Å²) in [6, 6.07) is 13.9. The van der Waals surface area contributed by atoms with E-state index in [9.17, 15) is 4.79 Å². The van der Waals surface area contributed by atoms with Crippen molar-refractivity contribution in [2.45, 2.75) is 13.5 Å². The second-order valence-electron chi connectivity index (χ2n) is 6.28. The molecule has 1 aliphatic heterocycles. The van der Waals surface area contributed by atoms with Gasteiger partial charge in [-0.05, 0) is 36.2 Å². The molecule has 0 bridgehead atoms. The minimum atomic E-state index is 0.0265. The Bertz CT molecular complexity index is 913. The van der Waals surface area contributed by atoms with Gasteiger partial charge in [0, 0.05) is 18.7 Å². The Morgan fingerprint density at radius 2 is 1.96 bits per heavy atom. The number of benzene rings is 2. The van der Waals surface area contributed by atoms with Gasteiger partial charge in [-0.3, -0.25) is 4.79 Å². The molecule has 0 N–H and O–H groups in total. The van der Waals surface area contributed by atoms with E-state index in [-0.39, 0.29) is 5.91 Å². The lowest BCUT2D eigenvalue weighted by atomic mass is 10.1. The first-order chi connectivity index (χ1) is 12.2. The molecule has 0 atom stereocenters. The smallest absolute Gasteiger partial charge is 0.254 e. The van der Waals surface area contributed by atoms with E-state index in [2.05, 4.69) is 29.4 Å². The summed E-state index contributed by atoms with van der Waals surface area (Å²) in [7, 11) is 0. The Morgan fingerprint density at radius 3 is 2.76 bits per heavy atom. The molecular weight excluding hydrogens is 316 g/mol. The normalized spacial score (nSPS) is 14.8. The standard InChI is InChI=1S/C19H20N4O2/c1-14-4-2-3-5-16(14)13-23-18-7-6-15(12-17(18)20-21-23)19(24)22-8-10-25-11-9-22/h2-7,12H,8-11,13H2,1H3. The molecule has 1 fully saturated rings. The largest absolute Gasteiger partial charge is 0.378 e. The summed E-state index contributed by atoms with van der Waals surface area (Å²) in [6.07, 6.45) is 0. The van der Waals surface area contributed by atoms with Crippen LogP contribution in [0.3, 0.4) is 0 Å². The predicted octanol–water partition coefficient (Wildman–Crippen LogP) is 2.26. The number of morpholine rings is 1. The molecule has 0 aliphatic carbocycles. The van der Waals surface area contributed by atoms with Crippen LogP contribution in [0.5, 0.6) is 0 Å². The van der Waals surface area contributed by atoms with Crippen LogP contribution < -0.4 is 0 Å². The maximum absolute atomic E-state index is 12.6. The summed E-state index contributed by atoms with van der Waals surface area (Å²) in [4.78, 5) is 14.4. The van der Waals surface area contributed by atoms with E-state index >= 15 is 0 Å². The van der Waals surface area contributed by atoms with Gasteiger partial charge in [0.25, 0.3) is 5.91 Å². The Kier molecular flexibility index (Phi) is 4.19. The lowest BCUT2D eigenvalue weighted by Crippen LogP contribution is -2.40. The number of carbonyl (C=O) groups excluding carboxylic acids is 1. The number of hydrogen-bond donors (Lipinski definition) is 0. The van der Waals surface area contributed by atoms with Crippen LogP contribution in [0, 0.1) is 6.92 Å². The molecule has 3 aromatic rings. The molecule has 6 nitrogen and oxygen atoms in total. The summed E-state index contributed by atoms with van der Waals surface area (Å²) < 4.78 is 7.18. The summed E-state index contributed by atoms with van der Waals surface area (Å²) in [5, 5.41) is 8.52. The van der Waals surface area contributed by atoms with Crippen molar-refractivity contribution in [3.05, 3.63) is 59.2 Å². The molecule has 2 heterocycles. The highest BCUT2D eigenvalue weighted by atomic mass is 16.5. The predicted molar refractivity (Wildman–Crippen MR) is 94.5 cm³/mol. The van der Waals surface area contributed by atoms with Crippen LogP contribution in [-0.2, 0) is 11.3 Å². The van der Waals surface area contributed by atoms with E-state index in [1.165, 1.54) is 11.1 Å². The van der Waals surface area contributed by atoms with E-state index in [0.717, 1.165) is 11.0 Å². The van der Waals surface area contributed by atoms with Gasteiger partial charge in [-0.2, -0.15) is 0 Å². The van der Waals surface area contributed by atoms with Crippen molar-refractivity contribution in [3.8, 4) is 0 Å². The van der Waals surface area contributed by atoms with Gasteiger partial charge in [0.15, 0.2) is 0 Å². The first kappa shape index (κ1) is 15.8. The van der Waals surface area contributed by atoms with E-state index in [4.69, 9.17) is 4.74 Å². The summed E-state index contributed by atoms with van der Waals surface area (Å²) in [5.74, 6) is 0.0265. The van der Waals surface area contributed by atoms with Gasteiger partial charge in [0.05, 0.1) is 25.3 Å². The number of fused-ring (bicyclic) bond motifs is 1. The molecule has 1 aromatic heterocycles.